The Hall–Kier alpha value is -1.56. The van der Waals surface area contributed by atoms with E-state index in [-0.39, 0.29) is 19.1 Å². The van der Waals surface area contributed by atoms with Crippen molar-refractivity contribution in [3.8, 4) is 5.75 Å². The number of carbonyl (C=O) groups is 1. The molecule has 0 heterocycles. The van der Waals surface area contributed by atoms with Crippen molar-refractivity contribution in [1.82, 2.24) is 0 Å². The second kappa shape index (κ2) is 7.45. The molecular weight excluding hydrogens is 358 g/mol. The number of carbonyl (C=O) groups excluding carboxylic acids is 1. The lowest BCUT2D eigenvalue weighted by molar-refractivity contribution is -0.118. The van der Waals surface area contributed by atoms with Gasteiger partial charge in [-0.05, 0) is 36.4 Å². The number of ether oxygens (including phenoxy) is 1. The molecule has 2 N–H and O–H groups in total. The molecular formula is C15H13BrClNO3. The molecule has 0 aliphatic carbocycles. The summed E-state index contributed by atoms with van der Waals surface area (Å²) in [4.78, 5) is 11.8. The molecule has 0 aromatic heterocycles. The molecule has 0 spiro atoms. The van der Waals surface area contributed by atoms with E-state index in [2.05, 4.69) is 21.2 Å². The number of halogens is 2. The van der Waals surface area contributed by atoms with Gasteiger partial charge in [-0.1, -0.05) is 33.6 Å². The van der Waals surface area contributed by atoms with E-state index >= 15 is 0 Å². The lowest BCUT2D eigenvalue weighted by Gasteiger charge is -2.11. The van der Waals surface area contributed by atoms with Crippen LogP contribution in [0.25, 0.3) is 0 Å². The van der Waals surface area contributed by atoms with Gasteiger partial charge in [0.05, 0.1) is 6.61 Å². The molecule has 110 valence electrons. The standard InChI is InChI=1S/C15H13BrClNO3/c16-11-4-5-14(10(6-11)8-19)21-9-15(20)18-13-3-1-2-12(17)7-13/h1-7,19H,8-9H2,(H,18,20). The third-order valence-electron chi connectivity index (χ3n) is 2.66. The molecule has 0 aliphatic heterocycles. The van der Waals surface area contributed by atoms with Crippen LogP contribution in [0.15, 0.2) is 46.9 Å². The third kappa shape index (κ3) is 4.74. The van der Waals surface area contributed by atoms with Gasteiger partial charge in [0.15, 0.2) is 6.61 Å². The van der Waals surface area contributed by atoms with Gasteiger partial charge in [-0.15, -0.1) is 0 Å². The SMILES string of the molecule is O=C(COc1ccc(Br)cc1CO)Nc1cccc(Cl)c1. The number of aliphatic hydroxyl groups excluding tert-OH is 1. The summed E-state index contributed by atoms with van der Waals surface area (Å²) in [5, 5.41) is 12.5. The zero-order valence-corrected chi connectivity index (χ0v) is 13.3. The average molecular weight is 371 g/mol. The normalized spacial score (nSPS) is 10.2. The van der Waals surface area contributed by atoms with Crippen LogP contribution in [0.1, 0.15) is 5.56 Å². The largest absolute Gasteiger partial charge is 0.483 e. The second-order valence-electron chi connectivity index (χ2n) is 4.26. The first-order valence-electron chi connectivity index (χ1n) is 6.16. The van der Waals surface area contributed by atoms with Crippen molar-refractivity contribution in [3.63, 3.8) is 0 Å². The van der Waals surface area contributed by atoms with E-state index < -0.39 is 0 Å². The highest BCUT2D eigenvalue weighted by Gasteiger charge is 2.08. The number of hydrogen-bond donors (Lipinski definition) is 2. The van der Waals surface area contributed by atoms with Gasteiger partial charge in [0.25, 0.3) is 5.91 Å². The molecule has 0 radical (unpaired) electrons. The van der Waals surface area contributed by atoms with Gasteiger partial charge in [-0.2, -0.15) is 0 Å². The van der Waals surface area contributed by atoms with Crippen molar-refractivity contribution in [2.75, 3.05) is 11.9 Å². The molecule has 2 aromatic carbocycles. The van der Waals surface area contributed by atoms with Crippen LogP contribution in [0.2, 0.25) is 5.02 Å². The Morgan fingerprint density at radius 1 is 1.29 bits per heavy atom. The fourth-order valence-electron chi connectivity index (χ4n) is 1.72. The average Bonchev–Trinajstić information content (AvgIpc) is 2.45. The van der Waals surface area contributed by atoms with Crippen LogP contribution >= 0.6 is 27.5 Å². The smallest absolute Gasteiger partial charge is 0.262 e. The van der Waals surface area contributed by atoms with Gasteiger partial charge >= 0.3 is 0 Å². The van der Waals surface area contributed by atoms with E-state index in [1.54, 1.807) is 42.5 Å². The van der Waals surface area contributed by atoms with E-state index in [4.69, 9.17) is 16.3 Å². The van der Waals surface area contributed by atoms with Crippen molar-refractivity contribution in [1.29, 1.82) is 0 Å². The molecule has 0 atom stereocenters. The van der Waals surface area contributed by atoms with Gasteiger partial charge in [0.1, 0.15) is 5.75 Å². The number of aliphatic hydroxyl groups is 1. The second-order valence-corrected chi connectivity index (χ2v) is 5.61. The molecule has 0 saturated heterocycles. The Morgan fingerprint density at radius 3 is 2.81 bits per heavy atom. The van der Waals surface area contributed by atoms with Gasteiger partial charge in [-0.3, -0.25) is 4.79 Å². The summed E-state index contributed by atoms with van der Waals surface area (Å²) in [5.41, 5.74) is 1.22. The molecule has 0 unspecified atom stereocenters. The highest BCUT2D eigenvalue weighted by atomic mass is 79.9. The molecule has 6 heteroatoms. The molecule has 2 aromatic rings. The molecule has 2 rings (SSSR count). The predicted molar refractivity (Wildman–Crippen MR) is 85.6 cm³/mol. The van der Waals surface area contributed by atoms with Gasteiger partial charge in [-0.25, -0.2) is 0 Å². The first-order valence-corrected chi connectivity index (χ1v) is 7.33. The van der Waals surface area contributed by atoms with Crippen LogP contribution < -0.4 is 10.1 Å². The van der Waals surface area contributed by atoms with Crippen molar-refractivity contribution in [2.45, 2.75) is 6.61 Å². The number of amides is 1. The van der Waals surface area contributed by atoms with Crippen LogP contribution in [0.5, 0.6) is 5.75 Å². The van der Waals surface area contributed by atoms with E-state index in [1.807, 2.05) is 0 Å². The third-order valence-corrected chi connectivity index (χ3v) is 3.39. The minimum atomic E-state index is -0.302. The summed E-state index contributed by atoms with van der Waals surface area (Å²) in [5.74, 6) is 0.172. The predicted octanol–water partition coefficient (Wildman–Crippen LogP) is 3.61. The quantitative estimate of drug-likeness (QED) is 0.845. The van der Waals surface area contributed by atoms with Crippen molar-refractivity contribution in [2.24, 2.45) is 0 Å². The van der Waals surface area contributed by atoms with Crippen molar-refractivity contribution in [3.05, 3.63) is 57.5 Å². The van der Waals surface area contributed by atoms with Crippen LogP contribution in [-0.4, -0.2) is 17.6 Å². The minimum absolute atomic E-state index is 0.152. The maximum Gasteiger partial charge on any atom is 0.262 e. The highest BCUT2D eigenvalue weighted by Crippen LogP contribution is 2.23. The Bertz CT molecular complexity index is 649. The van der Waals surface area contributed by atoms with Crippen LogP contribution in [0.4, 0.5) is 5.69 Å². The number of benzene rings is 2. The summed E-state index contributed by atoms with van der Waals surface area (Å²) < 4.78 is 6.26. The first-order chi connectivity index (χ1) is 10.1. The molecule has 21 heavy (non-hydrogen) atoms. The van der Waals surface area contributed by atoms with Gasteiger partial charge < -0.3 is 15.2 Å². The minimum Gasteiger partial charge on any atom is -0.483 e. The monoisotopic (exact) mass is 369 g/mol. The van der Waals surface area contributed by atoms with Gasteiger partial charge in [0.2, 0.25) is 0 Å². The Labute approximate surface area is 135 Å². The van der Waals surface area contributed by atoms with Crippen LogP contribution in [-0.2, 0) is 11.4 Å². The number of hydrogen-bond acceptors (Lipinski definition) is 3. The van der Waals surface area contributed by atoms with Crippen molar-refractivity contribution >= 4 is 39.1 Å². The van der Waals surface area contributed by atoms with Crippen LogP contribution in [0, 0.1) is 0 Å². The Kier molecular flexibility index (Phi) is 5.61. The fraction of sp³-hybridized carbons (Fsp3) is 0.133. The molecule has 0 aliphatic rings. The summed E-state index contributed by atoms with van der Waals surface area (Å²) >= 11 is 9.15. The zero-order chi connectivity index (χ0) is 15.2. The molecule has 4 nitrogen and oxygen atoms in total. The maximum absolute atomic E-state index is 11.8. The molecule has 1 amide bonds. The number of anilines is 1. The van der Waals surface area contributed by atoms with Crippen LogP contribution in [0.3, 0.4) is 0 Å². The van der Waals surface area contributed by atoms with E-state index in [0.717, 1.165) is 4.47 Å². The molecule has 0 bridgehead atoms. The topological polar surface area (TPSA) is 58.6 Å². The maximum atomic E-state index is 11.8. The van der Waals surface area contributed by atoms with E-state index in [1.165, 1.54) is 0 Å². The number of nitrogens with one attached hydrogen (secondary N) is 1. The number of rotatable bonds is 5. The zero-order valence-electron chi connectivity index (χ0n) is 11.0. The first kappa shape index (κ1) is 15.8. The summed E-state index contributed by atoms with van der Waals surface area (Å²) in [6, 6.07) is 12.1. The Morgan fingerprint density at radius 2 is 2.10 bits per heavy atom. The Balaban J connectivity index is 1.95. The van der Waals surface area contributed by atoms with E-state index in [0.29, 0.717) is 22.0 Å². The summed E-state index contributed by atoms with van der Waals surface area (Å²) in [6.45, 7) is -0.314. The van der Waals surface area contributed by atoms with E-state index in [9.17, 15) is 9.90 Å². The summed E-state index contributed by atoms with van der Waals surface area (Å²) in [7, 11) is 0. The highest BCUT2D eigenvalue weighted by molar-refractivity contribution is 9.10. The summed E-state index contributed by atoms with van der Waals surface area (Å²) in [6.07, 6.45) is 0. The lowest BCUT2D eigenvalue weighted by Crippen LogP contribution is -2.20. The fourth-order valence-corrected chi connectivity index (χ4v) is 2.32. The lowest BCUT2D eigenvalue weighted by atomic mass is 10.2. The van der Waals surface area contributed by atoms with Gasteiger partial charge in [0, 0.05) is 20.7 Å². The van der Waals surface area contributed by atoms with Crippen molar-refractivity contribution < 1.29 is 14.6 Å². The molecule has 0 saturated carbocycles. The molecule has 0 fully saturated rings.